The van der Waals surface area contributed by atoms with Crippen LogP contribution in [0.1, 0.15) is 29.5 Å². The topological polar surface area (TPSA) is 118 Å². The summed E-state index contributed by atoms with van der Waals surface area (Å²) < 4.78 is 10.3. The van der Waals surface area contributed by atoms with Crippen molar-refractivity contribution < 1.29 is 23.9 Å². The average Bonchev–Trinajstić information content (AvgIpc) is 2.85. The van der Waals surface area contributed by atoms with Gasteiger partial charge in [0.05, 0.1) is 46.2 Å². The summed E-state index contributed by atoms with van der Waals surface area (Å²) in [4.78, 5) is 38.3. The highest BCUT2D eigenvalue weighted by Crippen LogP contribution is 2.44. The lowest BCUT2D eigenvalue weighted by molar-refractivity contribution is -0.150. The molecule has 2 aromatic carbocycles. The normalized spacial score (nSPS) is 17.1. The number of benzene rings is 2. The minimum atomic E-state index is -1.36. The maximum absolute atomic E-state index is 13.0. The van der Waals surface area contributed by atoms with E-state index in [2.05, 4.69) is 16.7 Å². The molecular formula is C26H25Cl2N3O5S. The lowest BCUT2D eigenvalue weighted by Gasteiger charge is -2.31. The van der Waals surface area contributed by atoms with E-state index in [0.29, 0.717) is 17.9 Å². The Labute approximate surface area is 229 Å². The van der Waals surface area contributed by atoms with Gasteiger partial charge in [0.25, 0.3) is 0 Å². The number of aryl methyl sites for hydroxylation is 2. The first-order chi connectivity index (χ1) is 17.6. The molecule has 0 aromatic heterocycles. The molecule has 1 aliphatic rings. The molecule has 2 atom stereocenters. The molecule has 0 spiro atoms. The van der Waals surface area contributed by atoms with Gasteiger partial charge in [-0.3, -0.25) is 14.4 Å². The fraction of sp³-hybridized carbons (Fsp3) is 0.308. The largest absolute Gasteiger partial charge is 0.491 e. The number of halogens is 2. The van der Waals surface area contributed by atoms with Crippen LogP contribution < -0.4 is 15.4 Å². The number of anilines is 1. The molecule has 3 rings (SSSR count). The molecule has 11 heteroatoms. The molecule has 0 saturated heterocycles. The van der Waals surface area contributed by atoms with Crippen molar-refractivity contribution >= 4 is 58.4 Å². The number of carbonyl (C=O) groups is 3. The molecule has 0 bridgehead atoms. The smallest absolute Gasteiger partial charge is 0.319 e. The maximum atomic E-state index is 13.0. The van der Waals surface area contributed by atoms with Gasteiger partial charge in [0.15, 0.2) is 5.75 Å². The Kier molecular flexibility index (Phi) is 9.49. The van der Waals surface area contributed by atoms with Crippen molar-refractivity contribution in [3.63, 3.8) is 0 Å². The van der Waals surface area contributed by atoms with Gasteiger partial charge in [-0.15, -0.1) is 0 Å². The van der Waals surface area contributed by atoms with Gasteiger partial charge in [-0.1, -0.05) is 52.7 Å². The van der Waals surface area contributed by atoms with Crippen LogP contribution in [0.4, 0.5) is 5.69 Å². The van der Waals surface area contributed by atoms with Crippen molar-refractivity contribution in [2.45, 2.75) is 26.7 Å². The summed E-state index contributed by atoms with van der Waals surface area (Å²) in [6.45, 7) is 5.94. The molecule has 0 aliphatic carbocycles. The van der Waals surface area contributed by atoms with Crippen molar-refractivity contribution in [2.24, 2.45) is 5.92 Å². The lowest BCUT2D eigenvalue weighted by atomic mass is 9.78. The van der Waals surface area contributed by atoms with Crippen molar-refractivity contribution in [3.8, 4) is 11.8 Å². The van der Waals surface area contributed by atoms with Crippen molar-refractivity contribution in [2.75, 3.05) is 24.8 Å². The molecule has 0 fully saturated rings. The molecular weight excluding hydrogens is 537 g/mol. The number of carbonyl (C=O) groups excluding carboxylic acids is 3. The number of thioether (sulfide) groups is 1. The second-order valence-corrected chi connectivity index (χ2v) is 10.0. The summed E-state index contributed by atoms with van der Waals surface area (Å²) in [6.07, 6.45) is 0. The zero-order valence-corrected chi connectivity index (χ0v) is 22.9. The first-order valence-electron chi connectivity index (χ1n) is 11.3. The number of esters is 1. The third kappa shape index (κ3) is 6.39. The van der Waals surface area contributed by atoms with Crippen LogP contribution in [0.2, 0.25) is 10.0 Å². The summed E-state index contributed by atoms with van der Waals surface area (Å²) in [6, 6.07) is 10.7. The fourth-order valence-electron chi connectivity index (χ4n) is 4.00. The fourth-order valence-corrected chi connectivity index (χ4v) is 5.46. The molecule has 37 heavy (non-hydrogen) atoms. The van der Waals surface area contributed by atoms with Gasteiger partial charge in [-0.05, 0) is 50.1 Å². The molecule has 0 unspecified atom stereocenters. The van der Waals surface area contributed by atoms with E-state index < -0.39 is 23.7 Å². The summed E-state index contributed by atoms with van der Waals surface area (Å²) in [5.74, 6) is -4.06. The van der Waals surface area contributed by atoms with Gasteiger partial charge in [0, 0.05) is 11.6 Å². The summed E-state index contributed by atoms with van der Waals surface area (Å²) in [7, 11) is 1.16. The van der Waals surface area contributed by atoms with Gasteiger partial charge in [0.2, 0.25) is 11.8 Å². The third-order valence-corrected chi connectivity index (χ3v) is 7.23. The summed E-state index contributed by atoms with van der Waals surface area (Å²) >= 11 is 13.7. The number of rotatable bonds is 8. The van der Waals surface area contributed by atoms with Crippen molar-refractivity contribution in [1.29, 1.82) is 5.26 Å². The SMILES string of the molecule is CCOc1c(Cl)cc([C@@H]2C(C#N)=C(SCC(=O)Nc3ccc(C)cc3C)NC(=O)[C@@H]2C(=O)OC)cc1Cl. The van der Waals surface area contributed by atoms with Gasteiger partial charge in [0.1, 0.15) is 5.92 Å². The number of nitrogens with zero attached hydrogens (tertiary/aromatic N) is 1. The number of methoxy groups -OCH3 is 1. The number of allylic oxidation sites excluding steroid dienone is 1. The van der Waals surface area contributed by atoms with Gasteiger partial charge in [-0.25, -0.2) is 0 Å². The molecule has 1 heterocycles. The highest BCUT2D eigenvalue weighted by molar-refractivity contribution is 8.03. The Hall–Kier alpha value is -3.19. The van der Waals surface area contributed by atoms with Gasteiger partial charge >= 0.3 is 5.97 Å². The number of nitrogens with one attached hydrogen (secondary N) is 2. The third-order valence-electron chi connectivity index (χ3n) is 5.66. The zero-order valence-electron chi connectivity index (χ0n) is 20.6. The van der Waals surface area contributed by atoms with Crippen LogP contribution in [0.5, 0.6) is 5.75 Å². The minimum Gasteiger partial charge on any atom is -0.491 e. The van der Waals surface area contributed by atoms with Crippen molar-refractivity contribution in [3.05, 3.63) is 67.7 Å². The Morgan fingerprint density at radius 1 is 1.19 bits per heavy atom. The van der Waals surface area contributed by atoms with Crippen LogP contribution in [0.3, 0.4) is 0 Å². The molecule has 194 valence electrons. The van der Waals surface area contributed by atoms with Crippen molar-refractivity contribution in [1.82, 2.24) is 5.32 Å². The number of nitriles is 1. The van der Waals surface area contributed by atoms with Crippen LogP contribution in [0.15, 0.2) is 40.9 Å². The van der Waals surface area contributed by atoms with E-state index in [4.69, 9.17) is 32.7 Å². The molecule has 0 saturated carbocycles. The first kappa shape index (κ1) is 28.4. The molecule has 2 aromatic rings. The lowest BCUT2D eigenvalue weighted by Crippen LogP contribution is -2.44. The van der Waals surface area contributed by atoms with Crippen LogP contribution in [0, 0.1) is 31.1 Å². The Balaban J connectivity index is 1.97. The number of hydrogen-bond donors (Lipinski definition) is 2. The van der Waals surface area contributed by atoms with E-state index in [1.54, 1.807) is 6.92 Å². The van der Waals surface area contributed by atoms with Crippen LogP contribution in [-0.2, 0) is 19.1 Å². The molecule has 8 nitrogen and oxygen atoms in total. The standard InChI is InChI=1S/C26H25Cl2N3O5S/c1-5-36-23-17(27)9-15(10-18(23)28)21-16(11-29)25(31-24(33)22(21)26(34)35-4)37-12-20(32)30-19-7-6-13(2)8-14(19)3/h6-10,21-22H,5,12H2,1-4H3,(H,30,32)(H,31,33)/t21-,22-/m1/s1. The average molecular weight is 562 g/mol. The van der Waals surface area contributed by atoms with E-state index in [1.807, 2.05) is 32.0 Å². The maximum Gasteiger partial charge on any atom is 0.319 e. The second-order valence-electron chi connectivity index (χ2n) is 8.22. The summed E-state index contributed by atoms with van der Waals surface area (Å²) in [5, 5.41) is 16.0. The Bertz CT molecular complexity index is 1300. The summed E-state index contributed by atoms with van der Waals surface area (Å²) in [5.41, 5.74) is 3.08. The van der Waals surface area contributed by atoms with Gasteiger partial charge < -0.3 is 20.1 Å². The highest BCUT2D eigenvalue weighted by Gasteiger charge is 2.44. The molecule has 0 radical (unpaired) electrons. The molecule has 1 aliphatic heterocycles. The number of amides is 2. The quantitative estimate of drug-likeness (QED) is 0.339. The molecule has 2 N–H and O–H groups in total. The van der Waals surface area contributed by atoms with E-state index in [9.17, 15) is 19.6 Å². The van der Waals surface area contributed by atoms with Crippen LogP contribution >= 0.6 is 35.0 Å². The van der Waals surface area contributed by atoms with Crippen LogP contribution in [-0.4, -0.2) is 37.3 Å². The zero-order chi connectivity index (χ0) is 27.3. The van der Waals surface area contributed by atoms with E-state index in [0.717, 1.165) is 30.0 Å². The predicted molar refractivity (Wildman–Crippen MR) is 144 cm³/mol. The van der Waals surface area contributed by atoms with E-state index in [-0.39, 0.29) is 38.1 Å². The van der Waals surface area contributed by atoms with E-state index in [1.165, 1.54) is 12.1 Å². The number of ether oxygens (including phenoxy) is 2. The van der Waals surface area contributed by atoms with Gasteiger partial charge in [-0.2, -0.15) is 5.26 Å². The second kappa shape index (κ2) is 12.4. The monoisotopic (exact) mass is 561 g/mol. The molecule has 2 amide bonds. The first-order valence-corrected chi connectivity index (χ1v) is 13.0. The Morgan fingerprint density at radius 3 is 2.43 bits per heavy atom. The number of hydrogen-bond acceptors (Lipinski definition) is 7. The highest BCUT2D eigenvalue weighted by atomic mass is 35.5. The minimum absolute atomic E-state index is 0.0793. The Morgan fingerprint density at radius 2 is 1.86 bits per heavy atom. The van der Waals surface area contributed by atoms with Crippen LogP contribution in [0.25, 0.3) is 0 Å². The van der Waals surface area contributed by atoms with E-state index >= 15 is 0 Å². The predicted octanol–water partition coefficient (Wildman–Crippen LogP) is 5.12.